The number of urea groups is 1. The highest BCUT2D eigenvalue weighted by Crippen LogP contribution is 2.21. The number of fused-ring (bicyclic) bond motifs is 1. The number of nitrogens with one attached hydrogen (secondary N) is 1. The summed E-state index contributed by atoms with van der Waals surface area (Å²) in [6.07, 6.45) is 0.704. The number of carbonyl (C=O) groups is 1. The molecule has 1 aromatic heterocycles. The summed E-state index contributed by atoms with van der Waals surface area (Å²) < 4.78 is 3.11. The van der Waals surface area contributed by atoms with Gasteiger partial charge in [-0.2, -0.15) is 0 Å². The first-order valence-corrected chi connectivity index (χ1v) is 8.01. The fourth-order valence-corrected chi connectivity index (χ4v) is 2.63. The van der Waals surface area contributed by atoms with E-state index >= 15 is 0 Å². The standard InChI is InChI=1S/C14H18BrClN4O/c1-19(2)14(21)17-7-8-20-12-4-3-10(15)9-11(12)18-13(20)5-6-16/h3-4,9H,5-8H2,1-2H3,(H,17,21). The van der Waals surface area contributed by atoms with Gasteiger partial charge in [-0.05, 0) is 18.2 Å². The normalized spacial score (nSPS) is 10.9. The van der Waals surface area contributed by atoms with E-state index in [1.807, 2.05) is 18.2 Å². The smallest absolute Gasteiger partial charge is 0.316 e. The van der Waals surface area contributed by atoms with Crippen LogP contribution in [0.2, 0.25) is 0 Å². The van der Waals surface area contributed by atoms with Crippen molar-refractivity contribution in [3.05, 3.63) is 28.5 Å². The van der Waals surface area contributed by atoms with Gasteiger partial charge in [0.15, 0.2) is 0 Å². The largest absolute Gasteiger partial charge is 0.336 e. The van der Waals surface area contributed by atoms with Crippen LogP contribution in [-0.4, -0.2) is 47.0 Å². The number of amides is 2. The SMILES string of the molecule is CN(C)C(=O)NCCn1c(CCCl)nc2cc(Br)ccc21. The molecule has 0 atom stereocenters. The Kier molecular flexibility index (Phi) is 5.47. The zero-order chi connectivity index (χ0) is 15.4. The van der Waals surface area contributed by atoms with Gasteiger partial charge in [-0.25, -0.2) is 9.78 Å². The molecule has 21 heavy (non-hydrogen) atoms. The number of imidazole rings is 1. The third-order valence-corrected chi connectivity index (χ3v) is 3.81. The van der Waals surface area contributed by atoms with Crippen molar-refractivity contribution in [1.29, 1.82) is 0 Å². The van der Waals surface area contributed by atoms with E-state index in [0.29, 0.717) is 25.4 Å². The van der Waals surface area contributed by atoms with Crippen LogP contribution in [0.4, 0.5) is 4.79 Å². The van der Waals surface area contributed by atoms with Gasteiger partial charge in [0.2, 0.25) is 0 Å². The van der Waals surface area contributed by atoms with E-state index in [2.05, 4.69) is 30.8 Å². The Morgan fingerprint density at radius 2 is 2.24 bits per heavy atom. The molecule has 0 saturated heterocycles. The number of aryl methyl sites for hydroxylation is 1. The zero-order valence-corrected chi connectivity index (χ0v) is 14.4. The van der Waals surface area contributed by atoms with Crippen LogP contribution in [0.3, 0.4) is 0 Å². The Balaban J connectivity index is 2.20. The third-order valence-electron chi connectivity index (χ3n) is 3.13. The van der Waals surface area contributed by atoms with Crippen molar-refractivity contribution in [2.75, 3.05) is 26.5 Å². The molecule has 0 aliphatic carbocycles. The highest BCUT2D eigenvalue weighted by atomic mass is 79.9. The van der Waals surface area contributed by atoms with Gasteiger partial charge in [0, 0.05) is 44.0 Å². The Morgan fingerprint density at radius 3 is 2.90 bits per heavy atom. The fraction of sp³-hybridized carbons (Fsp3) is 0.429. The Bertz CT molecular complexity index is 641. The molecule has 1 N–H and O–H groups in total. The summed E-state index contributed by atoms with van der Waals surface area (Å²) in [6, 6.07) is 5.91. The first kappa shape index (κ1) is 16.1. The molecule has 1 aromatic carbocycles. The van der Waals surface area contributed by atoms with E-state index in [1.165, 1.54) is 4.90 Å². The lowest BCUT2D eigenvalue weighted by Gasteiger charge is -2.13. The molecule has 0 unspecified atom stereocenters. The first-order valence-electron chi connectivity index (χ1n) is 6.68. The Morgan fingerprint density at radius 1 is 1.48 bits per heavy atom. The zero-order valence-electron chi connectivity index (χ0n) is 12.1. The highest BCUT2D eigenvalue weighted by Gasteiger charge is 2.11. The molecule has 0 saturated carbocycles. The first-order chi connectivity index (χ1) is 10.0. The van der Waals surface area contributed by atoms with Gasteiger partial charge >= 0.3 is 6.03 Å². The highest BCUT2D eigenvalue weighted by molar-refractivity contribution is 9.10. The molecule has 5 nitrogen and oxygen atoms in total. The van der Waals surface area contributed by atoms with Crippen molar-refractivity contribution >= 4 is 44.6 Å². The number of alkyl halides is 1. The molecule has 7 heteroatoms. The topological polar surface area (TPSA) is 50.2 Å². The average Bonchev–Trinajstić information content (AvgIpc) is 2.76. The Labute approximate surface area is 137 Å². The average molecular weight is 374 g/mol. The van der Waals surface area contributed by atoms with Crippen molar-refractivity contribution in [1.82, 2.24) is 19.8 Å². The molecular formula is C14H18BrClN4O. The van der Waals surface area contributed by atoms with Crippen LogP contribution in [0.1, 0.15) is 5.82 Å². The number of aromatic nitrogens is 2. The van der Waals surface area contributed by atoms with Crippen LogP contribution < -0.4 is 5.32 Å². The molecular weight excluding hydrogens is 356 g/mol. The summed E-state index contributed by atoms with van der Waals surface area (Å²) in [5.41, 5.74) is 1.99. The summed E-state index contributed by atoms with van der Waals surface area (Å²) in [7, 11) is 3.44. The second kappa shape index (κ2) is 7.13. The number of rotatable bonds is 5. The predicted molar refractivity (Wildman–Crippen MR) is 88.9 cm³/mol. The quantitative estimate of drug-likeness (QED) is 0.819. The van der Waals surface area contributed by atoms with Gasteiger partial charge in [0.25, 0.3) is 0 Å². The van der Waals surface area contributed by atoms with Gasteiger partial charge < -0.3 is 14.8 Å². The molecule has 0 aliphatic heterocycles. The minimum absolute atomic E-state index is 0.0962. The van der Waals surface area contributed by atoms with Gasteiger partial charge in [-0.3, -0.25) is 0 Å². The summed E-state index contributed by atoms with van der Waals surface area (Å²) in [4.78, 5) is 17.7. The van der Waals surface area contributed by atoms with E-state index in [0.717, 1.165) is 21.3 Å². The maximum absolute atomic E-state index is 11.6. The second-order valence-corrected chi connectivity index (χ2v) is 6.17. The monoisotopic (exact) mass is 372 g/mol. The summed E-state index contributed by atoms with van der Waals surface area (Å²) in [6.45, 7) is 1.22. The molecule has 0 fully saturated rings. The summed E-state index contributed by atoms with van der Waals surface area (Å²) >= 11 is 9.31. The molecule has 2 rings (SSSR count). The lowest BCUT2D eigenvalue weighted by Crippen LogP contribution is -2.36. The fourth-order valence-electron chi connectivity index (χ4n) is 2.11. The maximum atomic E-state index is 11.6. The molecule has 2 aromatic rings. The second-order valence-electron chi connectivity index (χ2n) is 4.88. The molecule has 0 spiro atoms. The number of carbonyl (C=O) groups excluding carboxylic acids is 1. The minimum atomic E-state index is -0.0962. The number of halogens is 2. The van der Waals surface area contributed by atoms with Crippen LogP contribution >= 0.6 is 27.5 Å². The molecule has 1 heterocycles. The summed E-state index contributed by atoms with van der Waals surface area (Å²) in [5.74, 6) is 1.46. The predicted octanol–water partition coefficient (Wildman–Crippen LogP) is 2.85. The number of nitrogens with zero attached hydrogens (tertiary/aromatic N) is 3. The van der Waals surface area contributed by atoms with Gasteiger partial charge in [0.1, 0.15) is 5.82 Å². The third kappa shape index (κ3) is 3.89. The van der Waals surface area contributed by atoms with E-state index in [4.69, 9.17) is 11.6 Å². The lowest BCUT2D eigenvalue weighted by atomic mass is 10.3. The van der Waals surface area contributed by atoms with Crippen molar-refractivity contribution < 1.29 is 4.79 Å². The van der Waals surface area contributed by atoms with Crippen LogP contribution in [-0.2, 0) is 13.0 Å². The molecule has 2 amide bonds. The van der Waals surface area contributed by atoms with Crippen LogP contribution in [0.25, 0.3) is 11.0 Å². The van der Waals surface area contributed by atoms with Crippen LogP contribution in [0, 0.1) is 0 Å². The van der Waals surface area contributed by atoms with Crippen molar-refractivity contribution in [3.8, 4) is 0 Å². The van der Waals surface area contributed by atoms with Crippen molar-refractivity contribution in [2.24, 2.45) is 0 Å². The van der Waals surface area contributed by atoms with E-state index in [1.54, 1.807) is 14.1 Å². The van der Waals surface area contributed by atoms with Crippen molar-refractivity contribution in [3.63, 3.8) is 0 Å². The van der Waals surface area contributed by atoms with Crippen LogP contribution in [0.15, 0.2) is 22.7 Å². The number of benzene rings is 1. The molecule has 0 aliphatic rings. The van der Waals surface area contributed by atoms with E-state index < -0.39 is 0 Å². The maximum Gasteiger partial charge on any atom is 0.316 e. The van der Waals surface area contributed by atoms with Gasteiger partial charge in [0.05, 0.1) is 11.0 Å². The molecule has 0 radical (unpaired) electrons. The van der Waals surface area contributed by atoms with E-state index in [-0.39, 0.29) is 6.03 Å². The Hall–Kier alpha value is -1.27. The number of hydrogen-bond donors (Lipinski definition) is 1. The molecule has 0 bridgehead atoms. The summed E-state index contributed by atoms with van der Waals surface area (Å²) in [5, 5.41) is 2.86. The number of hydrogen-bond acceptors (Lipinski definition) is 2. The van der Waals surface area contributed by atoms with Gasteiger partial charge in [-0.15, -0.1) is 11.6 Å². The van der Waals surface area contributed by atoms with E-state index in [9.17, 15) is 4.79 Å². The minimum Gasteiger partial charge on any atom is -0.336 e. The molecule has 114 valence electrons. The van der Waals surface area contributed by atoms with Crippen molar-refractivity contribution in [2.45, 2.75) is 13.0 Å². The van der Waals surface area contributed by atoms with Gasteiger partial charge in [-0.1, -0.05) is 15.9 Å². The lowest BCUT2D eigenvalue weighted by molar-refractivity contribution is 0.217. The van der Waals surface area contributed by atoms with Crippen LogP contribution in [0.5, 0.6) is 0 Å².